The highest BCUT2D eigenvalue weighted by atomic mass is 16.3. The Kier molecular flexibility index (Phi) is 5.58. The average Bonchev–Trinajstić information content (AvgIpc) is 3.31. The number of phenols is 2. The maximum atomic E-state index is 11.9. The fourth-order valence-corrected chi connectivity index (χ4v) is 6.52. The van der Waals surface area contributed by atoms with E-state index in [1.54, 1.807) is 0 Å². The molecule has 41 heavy (non-hydrogen) atoms. The Morgan fingerprint density at radius 1 is 0.366 bits per heavy atom. The normalized spacial score (nSPS) is 13.0. The molecule has 1 aliphatic rings. The lowest BCUT2D eigenvalue weighted by Crippen LogP contribution is -2.29. The molecule has 0 radical (unpaired) electrons. The van der Waals surface area contributed by atoms with Gasteiger partial charge < -0.3 is 21.7 Å². The molecule has 0 atom stereocenters. The molecule has 1 aliphatic carbocycles. The van der Waals surface area contributed by atoms with Gasteiger partial charge in [0.25, 0.3) is 0 Å². The van der Waals surface area contributed by atoms with E-state index in [1.165, 1.54) is 0 Å². The lowest BCUT2D eigenvalue weighted by atomic mass is 9.66. The highest BCUT2D eigenvalue weighted by molar-refractivity contribution is 5.92. The lowest BCUT2D eigenvalue weighted by Gasteiger charge is -2.35. The minimum atomic E-state index is -1.08. The number of anilines is 2. The summed E-state index contributed by atoms with van der Waals surface area (Å²) in [5.41, 5.74) is 21.2. The van der Waals surface area contributed by atoms with E-state index in [0.717, 1.165) is 44.5 Å². The van der Waals surface area contributed by atoms with Crippen LogP contribution in [-0.2, 0) is 5.41 Å². The van der Waals surface area contributed by atoms with E-state index in [0.29, 0.717) is 11.1 Å². The van der Waals surface area contributed by atoms with Gasteiger partial charge in [-0.15, -0.1) is 0 Å². The van der Waals surface area contributed by atoms with Crippen molar-refractivity contribution in [3.05, 3.63) is 156 Å². The molecule has 198 valence electrons. The number of fused-ring (bicyclic) bond motifs is 3. The van der Waals surface area contributed by atoms with Crippen LogP contribution >= 0.6 is 0 Å². The first-order chi connectivity index (χ1) is 20.0. The molecule has 0 unspecified atom stereocenters. The first kappa shape index (κ1) is 24.6. The molecule has 6 N–H and O–H groups in total. The third-order valence-electron chi connectivity index (χ3n) is 8.36. The number of phenolic OH excluding ortho intramolecular Hbond substituents is 2. The van der Waals surface area contributed by atoms with Gasteiger partial charge in [0.05, 0.1) is 16.8 Å². The standard InChI is InChI=1S/C37H28N2O2/c38-33-25(23-11-3-1-4-12-23)19-21-31(35(33)40)37(29-17-9-7-15-27(29)28-16-8-10-18-30(28)37)32-22-20-26(34(39)36(32)41)24-13-5-2-6-14-24/h1-22,40-41H,38-39H2. The maximum absolute atomic E-state index is 11.9. The lowest BCUT2D eigenvalue weighted by molar-refractivity contribution is 0.451. The summed E-state index contributed by atoms with van der Waals surface area (Å²) in [6, 6.07) is 43.5. The molecular weight excluding hydrogens is 504 g/mol. The number of nitrogens with two attached hydrogens (primary N) is 2. The first-order valence-corrected chi connectivity index (χ1v) is 13.6. The summed E-state index contributed by atoms with van der Waals surface area (Å²) < 4.78 is 0. The van der Waals surface area contributed by atoms with Crippen LogP contribution in [0, 0.1) is 0 Å². The van der Waals surface area contributed by atoms with Crippen molar-refractivity contribution in [3.63, 3.8) is 0 Å². The van der Waals surface area contributed by atoms with Crippen molar-refractivity contribution < 1.29 is 10.2 Å². The van der Waals surface area contributed by atoms with Crippen LogP contribution in [0.2, 0.25) is 0 Å². The van der Waals surface area contributed by atoms with E-state index < -0.39 is 5.41 Å². The van der Waals surface area contributed by atoms with Crippen LogP contribution in [0.15, 0.2) is 133 Å². The van der Waals surface area contributed by atoms with Crippen LogP contribution in [0.5, 0.6) is 11.5 Å². The summed E-state index contributed by atoms with van der Waals surface area (Å²) in [5, 5.41) is 23.9. The van der Waals surface area contributed by atoms with E-state index in [-0.39, 0.29) is 22.9 Å². The summed E-state index contributed by atoms with van der Waals surface area (Å²) >= 11 is 0. The van der Waals surface area contributed by atoms with Crippen LogP contribution < -0.4 is 11.5 Å². The Morgan fingerprint density at radius 2 is 0.732 bits per heavy atom. The maximum Gasteiger partial charge on any atom is 0.143 e. The minimum absolute atomic E-state index is 0.0250. The molecule has 7 rings (SSSR count). The summed E-state index contributed by atoms with van der Waals surface area (Å²) in [6.07, 6.45) is 0. The zero-order chi connectivity index (χ0) is 28.1. The zero-order valence-corrected chi connectivity index (χ0v) is 22.3. The van der Waals surface area contributed by atoms with Gasteiger partial charge in [0, 0.05) is 22.3 Å². The van der Waals surface area contributed by atoms with Gasteiger partial charge in [-0.25, -0.2) is 0 Å². The highest BCUT2D eigenvalue weighted by Crippen LogP contribution is 2.61. The Hall–Kier alpha value is -5.48. The van der Waals surface area contributed by atoms with E-state index in [1.807, 2.05) is 109 Å². The third-order valence-corrected chi connectivity index (χ3v) is 8.36. The number of benzene rings is 6. The summed E-state index contributed by atoms with van der Waals surface area (Å²) in [5.74, 6) is -0.0501. The molecule has 4 heteroatoms. The molecule has 0 bridgehead atoms. The van der Waals surface area contributed by atoms with Crippen LogP contribution in [-0.4, -0.2) is 10.2 Å². The number of nitrogen functional groups attached to an aromatic ring is 2. The van der Waals surface area contributed by atoms with Gasteiger partial charge in [0.2, 0.25) is 0 Å². The van der Waals surface area contributed by atoms with Gasteiger partial charge >= 0.3 is 0 Å². The van der Waals surface area contributed by atoms with Crippen LogP contribution in [0.25, 0.3) is 33.4 Å². The molecule has 0 fully saturated rings. The molecule has 6 aromatic rings. The Balaban J connectivity index is 1.58. The fourth-order valence-electron chi connectivity index (χ4n) is 6.52. The molecule has 4 nitrogen and oxygen atoms in total. The topological polar surface area (TPSA) is 92.5 Å². The Morgan fingerprint density at radius 3 is 1.15 bits per heavy atom. The van der Waals surface area contributed by atoms with Gasteiger partial charge in [-0.2, -0.15) is 0 Å². The molecule has 0 aromatic heterocycles. The molecule has 0 spiro atoms. The number of hydrogen-bond acceptors (Lipinski definition) is 4. The summed E-state index contributed by atoms with van der Waals surface area (Å²) in [6.45, 7) is 0. The fraction of sp³-hybridized carbons (Fsp3) is 0.0270. The molecule has 0 heterocycles. The smallest absolute Gasteiger partial charge is 0.143 e. The Bertz CT molecular complexity index is 1790. The van der Waals surface area contributed by atoms with Crippen molar-refractivity contribution in [1.82, 2.24) is 0 Å². The average molecular weight is 533 g/mol. The molecular formula is C37H28N2O2. The van der Waals surface area contributed by atoms with Crippen molar-refractivity contribution >= 4 is 11.4 Å². The van der Waals surface area contributed by atoms with Gasteiger partial charge in [-0.3, -0.25) is 0 Å². The van der Waals surface area contributed by atoms with E-state index in [4.69, 9.17) is 11.5 Å². The van der Waals surface area contributed by atoms with Crippen molar-refractivity contribution in [2.45, 2.75) is 5.41 Å². The van der Waals surface area contributed by atoms with Crippen LogP contribution in [0.3, 0.4) is 0 Å². The second-order valence-corrected chi connectivity index (χ2v) is 10.4. The van der Waals surface area contributed by atoms with Gasteiger partial charge in [-0.1, -0.05) is 133 Å². The van der Waals surface area contributed by atoms with E-state index in [9.17, 15) is 10.2 Å². The van der Waals surface area contributed by atoms with E-state index in [2.05, 4.69) is 24.3 Å². The van der Waals surface area contributed by atoms with Crippen molar-refractivity contribution in [3.8, 4) is 44.9 Å². The van der Waals surface area contributed by atoms with Gasteiger partial charge in [0.15, 0.2) is 0 Å². The third kappa shape index (κ3) is 3.47. The predicted molar refractivity (Wildman–Crippen MR) is 167 cm³/mol. The van der Waals surface area contributed by atoms with Crippen molar-refractivity contribution in [2.75, 3.05) is 11.5 Å². The molecule has 0 saturated heterocycles. The quantitative estimate of drug-likeness (QED) is 0.137. The Labute approximate surface area is 238 Å². The predicted octanol–water partition coefficient (Wildman–Crippen LogP) is 7.96. The first-order valence-electron chi connectivity index (χ1n) is 13.6. The summed E-state index contributed by atoms with van der Waals surface area (Å²) in [4.78, 5) is 0. The van der Waals surface area contributed by atoms with Crippen molar-refractivity contribution in [2.24, 2.45) is 0 Å². The monoisotopic (exact) mass is 532 g/mol. The molecule has 0 aliphatic heterocycles. The molecule has 0 amide bonds. The highest BCUT2D eigenvalue weighted by Gasteiger charge is 2.49. The SMILES string of the molecule is Nc1c(-c2ccccc2)ccc(C2(c3ccc(-c4ccccc4)c(N)c3O)c3ccccc3-c3ccccc32)c1O. The number of hydrogen-bond donors (Lipinski definition) is 4. The van der Waals surface area contributed by atoms with Crippen LogP contribution in [0.1, 0.15) is 22.3 Å². The number of aromatic hydroxyl groups is 2. The van der Waals surface area contributed by atoms with E-state index >= 15 is 0 Å². The zero-order valence-electron chi connectivity index (χ0n) is 22.3. The largest absolute Gasteiger partial charge is 0.505 e. The van der Waals surface area contributed by atoms with Gasteiger partial charge in [-0.05, 0) is 33.4 Å². The van der Waals surface area contributed by atoms with Crippen LogP contribution in [0.4, 0.5) is 11.4 Å². The summed E-state index contributed by atoms with van der Waals surface area (Å²) in [7, 11) is 0. The van der Waals surface area contributed by atoms with Gasteiger partial charge in [0.1, 0.15) is 11.5 Å². The number of rotatable bonds is 4. The molecule has 6 aromatic carbocycles. The minimum Gasteiger partial charge on any atom is -0.505 e. The second kappa shape index (κ2) is 9.32. The van der Waals surface area contributed by atoms with Crippen molar-refractivity contribution in [1.29, 1.82) is 0 Å². The second-order valence-electron chi connectivity index (χ2n) is 10.4. The molecule has 0 saturated carbocycles.